The Morgan fingerprint density at radius 2 is 1.78 bits per heavy atom. The van der Waals surface area contributed by atoms with Crippen LogP contribution in [0.5, 0.6) is 0 Å². The number of nitrogens with one attached hydrogen (secondary N) is 1. The minimum absolute atomic E-state index is 0.0155. The number of rotatable bonds is 5. The molecule has 1 aliphatic heterocycles. The van der Waals surface area contributed by atoms with Crippen molar-refractivity contribution < 1.29 is 23.1 Å². The molecule has 0 bridgehead atoms. The number of carboxylic acid groups (broad SMARTS) is 1. The molecular formula is C15H19NO5S2. The van der Waals surface area contributed by atoms with Crippen LogP contribution in [-0.2, 0) is 14.6 Å². The topological polar surface area (TPSA) is 101 Å². The molecule has 0 unspecified atom stereocenters. The maximum absolute atomic E-state index is 12.3. The van der Waals surface area contributed by atoms with Crippen LogP contribution in [0.4, 0.5) is 0 Å². The van der Waals surface area contributed by atoms with Crippen LogP contribution in [0.2, 0.25) is 0 Å². The molecule has 1 aromatic carbocycles. The number of hydrogen-bond acceptors (Lipinski definition) is 5. The molecule has 0 atom stereocenters. The fraction of sp³-hybridized carbons (Fsp3) is 0.467. The molecule has 126 valence electrons. The lowest BCUT2D eigenvalue weighted by molar-refractivity contribution is -0.144. The molecule has 1 saturated heterocycles. The molecular weight excluding hydrogens is 338 g/mol. The van der Waals surface area contributed by atoms with Crippen LogP contribution in [0.25, 0.3) is 0 Å². The lowest BCUT2D eigenvalue weighted by Gasteiger charge is -2.33. The fourth-order valence-electron chi connectivity index (χ4n) is 2.38. The predicted molar refractivity (Wildman–Crippen MR) is 88.6 cm³/mol. The van der Waals surface area contributed by atoms with Crippen molar-refractivity contribution in [2.45, 2.75) is 30.2 Å². The molecule has 1 heterocycles. The van der Waals surface area contributed by atoms with E-state index in [2.05, 4.69) is 5.32 Å². The summed E-state index contributed by atoms with van der Waals surface area (Å²) < 4.78 is 23.5. The van der Waals surface area contributed by atoms with Gasteiger partial charge in [-0.05, 0) is 48.6 Å². The first-order valence-electron chi connectivity index (χ1n) is 7.27. The Labute approximate surface area is 139 Å². The molecule has 0 aliphatic carbocycles. The summed E-state index contributed by atoms with van der Waals surface area (Å²) in [6, 6.07) is 5.56. The zero-order valence-electron chi connectivity index (χ0n) is 12.7. The van der Waals surface area contributed by atoms with E-state index in [0.717, 1.165) is 0 Å². The van der Waals surface area contributed by atoms with Gasteiger partial charge in [-0.15, -0.1) is 0 Å². The number of benzene rings is 1. The number of amides is 1. The van der Waals surface area contributed by atoms with E-state index in [9.17, 15) is 23.1 Å². The molecule has 2 N–H and O–H groups in total. The number of carbonyl (C=O) groups is 2. The van der Waals surface area contributed by atoms with Gasteiger partial charge >= 0.3 is 5.97 Å². The van der Waals surface area contributed by atoms with Crippen LogP contribution >= 0.6 is 11.8 Å². The van der Waals surface area contributed by atoms with Crippen molar-refractivity contribution in [3.8, 4) is 0 Å². The highest BCUT2D eigenvalue weighted by Crippen LogP contribution is 2.28. The SMILES string of the molecule is CCS(=O)(=O)c1ccc(C(=O)NC2(C(=O)O)CCSCC2)cc1. The Balaban J connectivity index is 2.18. The third kappa shape index (κ3) is 3.87. The number of sulfone groups is 1. The van der Waals surface area contributed by atoms with Gasteiger partial charge in [-0.1, -0.05) is 6.92 Å². The summed E-state index contributed by atoms with van der Waals surface area (Å²) in [7, 11) is -3.32. The van der Waals surface area contributed by atoms with Crippen molar-refractivity contribution in [2.75, 3.05) is 17.3 Å². The monoisotopic (exact) mass is 357 g/mol. The fourth-order valence-corrected chi connectivity index (χ4v) is 4.46. The minimum atomic E-state index is -3.32. The van der Waals surface area contributed by atoms with Gasteiger partial charge in [0.1, 0.15) is 5.54 Å². The Morgan fingerprint density at radius 1 is 1.22 bits per heavy atom. The number of carbonyl (C=O) groups excluding carboxylic acids is 1. The van der Waals surface area contributed by atoms with Crippen molar-refractivity contribution in [1.82, 2.24) is 5.32 Å². The van der Waals surface area contributed by atoms with Crippen molar-refractivity contribution in [3.63, 3.8) is 0 Å². The standard InChI is InChI=1S/C15H19NO5S2/c1-2-23(20,21)12-5-3-11(4-6-12)13(17)16-15(14(18)19)7-9-22-10-8-15/h3-6H,2,7-10H2,1H3,(H,16,17)(H,18,19). The van der Waals surface area contributed by atoms with Gasteiger partial charge in [-0.2, -0.15) is 11.8 Å². The zero-order valence-corrected chi connectivity index (χ0v) is 14.4. The van der Waals surface area contributed by atoms with E-state index in [1.54, 1.807) is 18.7 Å². The lowest BCUT2D eigenvalue weighted by atomic mass is 9.92. The van der Waals surface area contributed by atoms with Gasteiger partial charge in [0.15, 0.2) is 9.84 Å². The molecule has 8 heteroatoms. The molecule has 1 amide bonds. The average Bonchev–Trinajstić information content (AvgIpc) is 2.55. The van der Waals surface area contributed by atoms with Gasteiger partial charge in [0.05, 0.1) is 10.6 Å². The highest BCUT2D eigenvalue weighted by Gasteiger charge is 2.41. The van der Waals surface area contributed by atoms with Crippen LogP contribution in [0.3, 0.4) is 0 Å². The predicted octanol–water partition coefficient (Wildman–Crippen LogP) is 1.56. The molecule has 6 nitrogen and oxygen atoms in total. The minimum Gasteiger partial charge on any atom is -0.480 e. The van der Waals surface area contributed by atoms with E-state index in [1.165, 1.54) is 24.3 Å². The van der Waals surface area contributed by atoms with Crippen molar-refractivity contribution in [2.24, 2.45) is 0 Å². The summed E-state index contributed by atoms with van der Waals surface area (Å²) in [6.07, 6.45) is 0.752. The number of hydrogen-bond donors (Lipinski definition) is 2. The van der Waals surface area contributed by atoms with Crippen LogP contribution < -0.4 is 5.32 Å². The van der Waals surface area contributed by atoms with E-state index in [4.69, 9.17) is 0 Å². The number of thioether (sulfide) groups is 1. The highest BCUT2D eigenvalue weighted by molar-refractivity contribution is 7.99. The smallest absolute Gasteiger partial charge is 0.329 e. The molecule has 0 radical (unpaired) electrons. The second kappa shape index (κ2) is 6.92. The first-order chi connectivity index (χ1) is 10.8. The van der Waals surface area contributed by atoms with Crippen molar-refractivity contribution >= 4 is 33.5 Å². The molecule has 0 saturated carbocycles. The van der Waals surface area contributed by atoms with Gasteiger partial charge in [0.25, 0.3) is 5.91 Å². The molecule has 2 rings (SSSR count). The Kier molecular flexibility index (Phi) is 5.36. The maximum atomic E-state index is 12.3. The summed E-state index contributed by atoms with van der Waals surface area (Å²) in [5.41, 5.74) is -0.991. The quantitative estimate of drug-likeness (QED) is 0.829. The van der Waals surface area contributed by atoms with Crippen LogP contribution in [0.1, 0.15) is 30.1 Å². The van der Waals surface area contributed by atoms with Gasteiger partial charge < -0.3 is 10.4 Å². The van der Waals surface area contributed by atoms with Gasteiger partial charge in [-0.25, -0.2) is 13.2 Å². The van der Waals surface area contributed by atoms with Gasteiger partial charge in [0.2, 0.25) is 0 Å². The maximum Gasteiger partial charge on any atom is 0.329 e. The highest BCUT2D eigenvalue weighted by atomic mass is 32.2. The Hall–Kier alpha value is -1.54. The summed E-state index contributed by atoms with van der Waals surface area (Å²) in [5.74, 6) is -0.185. The zero-order chi connectivity index (χ0) is 17.1. The lowest BCUT2D eigenvalue weighted by Crippen LogP contribution is -2.56. The third-order valence-electron chi connectivity index (χ3n) is 3.96. The van der Waals surface area contributed by atoms with E-state index in [1.807, 2.05) is 0 Å². The second-order valence-corrected chi connectivity index (χ2v) is 8.88. The summed E-state index contributed by atoms with van der Waals surface area (Å²) in [4.78, 5) is 24.0. The van der Waals surface area contributed by atoms with Gasteiger partial charge in [0, 0.05) is 5.56 Å². The summed E-state index contributed by atoms with van der Waals surface area (Å²) in [6.45, 7) is 1.55. The average molecular weight is 357 g/mol. The molecule has 23 heavy (non-hydrogen) atoms. The van der Waals surface area contributed by atoms with E-state index in [0.29, 0.717) is 24.3 Å². The molecule has 0 spiro atoms. The van der Waals surface area contributed by atoms with E-state index in [-0.39, 0.29) is 16.2 Å². The number of aliphatic carboxylic acids is 1. The number of carboxylic acids is 1. The van der Waals surface area contributed by atoms with E-state index >= 15 is 0 Å². The molecule has 1 aromatic rings. The van der Waals surface area contributed by atoms with Gasteiger partial charge in [-0.3, -0.25) is 4.79 Å². The summed E-state index contributed by atoms with van der Waals surface area (Å²) >= 11 is 1.66. The molecule has 1 aliphatic rings. The first-order valence-corrected chi connectivity index (χ1v) is 10.1. The van der Waals surface area contributed by atoms with Crippen LogP contribution in [0.15, 0.2) is 29.2 Å². The Morgan fingerprint density at radius 3 is 2.26 bits per heavy atom. The van der Waals surface area contributed by atoms with Crippen molar-refractivity contribution in [3.05, 3.63) is 29.8 Å². The molecule has 0 aromatic heterocycles. The van der Waals surface area contributed by atoms with Crippen molar-refractivity contribution in [1.29, 1.82) is 0 Å². The normalized spacial score (nSPS) is 17.4. The van der Waals surface area contributed by atoms with E-state index < -0.39 is 27.3 Å². The second-order valence-electron chi connectivity index (χ2n) is 5.38. The third-order valence-corrected chi connectivity index (χ3v) is 6.70. The molecule has 1 fully saturated rings. The summed E-state index contributed by atoms with van der Waals surface area (Å²) in [5, 5.41) is 12.1. The Bertz CT molecular complexity index is 691. The van der Waals surface area contributed by atoms with Crippen LogP contribution in [0, 0.1) is 0 Å². The largest absolute Gasteiger partial charge is 0.480 e. The first kappa shape index (κ1) is 17.8. The van der Waals surface area contributed by atoms with Crippen LogP contribution in [-0.4, -0.2) is 48.2 Å².